The Morgan fingerprint density at radius 1 is 1.11 bits per heavy atom. The van der Waals surface area contributed by atoms with E-state index in [1.54, 1.807) is 24.3 Å². The summed E-state index contributed by atoms with van der Waals surface area (Å²) in [5.41, 5.74) is 0.799. The van der Waals surface area contributed by atoms with Crippen molar-refractivity contribution in [1.82, 2.24) is 0 Å². The molecule has 1 saturated heterocycles. The first-order valence-electron chi connectivity index (χ1n) is 8.12. The van der Waals surface area contributed by atoms with Crippen molar-refractivity contribution < 1.29 is 31.1 Å². The molecule has 0 radical (unpaired) electrons. The minimum Gasteiger partial charge on any atom is -0.406 e. The van der Waals surface area contributed by atoms with Crippen LogP contribution in [-0.2, 0) is 14.6 Å². The zero-order valence-electron chi connectivity index (χ0n) is 13.9. The van der Waals surface area contributed by atoms with Crippen LogP contribution in [0, 0.1) is 0 Å². The molecule has 0 spiro atoms. The van der Waals surface area contributed by atoms with Gasteiger partial charge in [0, 0.05) is 11.6 Å². The molecule has 0 amide bonds. The summed E-state index contributed by atoms with van der Waals surface area (Å²) >= 11 is 5.86. The van der Waals surface area contributed by atoms with Gasteiger partial charge in [-0.3, -0.25) is 0 Å². The first-order chi connectivity index (χ1) is 12.6. The number of halogens is 4. The Labute approximate surface area is 159 Å². The van der Waals surface area contributed by atoms with Crippen molar-refractivity contribution in [3.63, 3.8) is 0 Å². The molecule has 1 heterocycles. The van der Waals surface area contributed by atoms with Gasteiger partial charge in [-0.1, -0.05) is 29.8 Å². The molecule has 2 aromatic carbocycles. The maximum Gasteiger partial charge on any atom is 0.573 e. The van der Waals surface area contributed by atoms with Crippen LogP contribution in [0.2, 0.25) is 5.02 Å². The number of ether oxygens (including phenoxy) is 2. The fourth-order valence-electron chi connectivity index (χ4n) is 3.00. The normalized spacial score (nSPS) is 21.0. The van der Waals surface area contributed by atoms with E-state index >= 15 is 0 Å². The van der Waals surface area contributed by atoms with Crippen molar-refractivity contribution in [3.8, 4) is 5.75 Å². The average Bonchev–Trinajstić information content (AvgIpc) is 2.61. The SMILES string of the molecule is O=S(=O)(c1cccc(OC(F)(F)F)c1)C1CCOC(c2ccc(Cl)cc2)C1. The van der Waals surface area contributed by atoms with Crippen LogP contribution in [0.15, 0.2) is 53.4 Å². The largest absolute Gasteiger partial charge is 0.573 e. The van der Waals surface area contributed by atoms with Crippen LogP contribution in [0.3, 0.4) is 0 Å². The van der Waals surface area contributed by atoms with E-state index in [4.69, 9.17) is 16.3 Å². The van der Waals surface area contributed by atoms with Gasteiger partial charge in [0.25, 0.3) is 0 Å². The molecular formula is C18H16ClF3O4S. The third-order valence-corrected chi connectivity index (χ3v) is 6.75. The summed E-state index contributed by atoms with van der Waals surface area (Å²) in [6.07, 6.45) is -4.85. The van der Waals surface area contributed by atoms with Gasteiger partial charge in [0.1, 0.15) is 5.75 Å². The van der Waals surface area contributed by atoms with Gasteiger partial charge in [0.05, 0.1) is 16.2 Å². The number of rotatable bonds is 4. The summed E-state index contributed by atoms with van der Waals surface area (Å²) in [6, 6.07) is 11.4. The van der Waals surface area contributed by atoms with Gasteiger partial charge in [-0.15, -0.1) is 13.2 Å². The highest BCUT2D eigenvalue weighted by molar-refractivity contribution is 7.92. The van der Waals surface area contributed by atoms with Crippen LogP contribution in [0.4, 0.5) is 13.2 Å². The molecule has 146 valence electrons. The topological polar surface area (TPSA) is 52.6 Å². The van der Waals surface area contributed by atoms with Gasteiger partial charge in [0.2, 0.25) is 0 Å². The number of benzene rings is 2. The fraction of sp³-hybridized carbons (Fsp3) is 0.333. The zero-order valence-corrected chi connectivity index (χ0v) is 15.5. The van der Waals surface area contributed by atoms with E-state index in [1.807, 2.05) is 0 Å². The molecule has 0 aromatic heterocycles. The van der Waals surface area contributed by atoms with E-state index < -0.39 is 33.3 Å². The zero-order chi connectivity index (χ0) is 19.7. The highest BCUT2D eigenvalue weighted by Crippen LogP contribution is 2.35. The Balaban J connectivity index is 1.82. The lowest BCUT2D eigenvalue weighted by Crippen LogP contribution is -2.31. The molecule has 0 N–H and O–H groups in total. The molecular weight excluding hydrogens is 405 g/mol. The molecule has 0 aliphatic carbocycles. The van der Waals surface area contributed by atoms with Crippen molar-refractivity contribution >= 4 is 21.4 Å². The van der Waals surface area contributed by atoms with Crippen molar-refractivity contribution in [1.29, 1.82) is 0 Å². The third kappa shape index (κ3) is 4.94. The van der Waals surface area contributed by atoms with Crippen molar-refractivity contribution in [2.75, 3.05) is 6.61 Å². The lowest BCUT2D eigenvalue weighted by molar-refractivity contribution is -0.274. The smallest absolute Gasteiger partial charge is 0.406 e. The summed E-state index contributed by atoms with van der Waals surface area (Å²) in [5.74, 6) is -0.565. The lowest BCUT2D eigenvalue weighted by Gasteiger charge is -2.29. The molecule has 1 aliphatic rings. The van der Waals surface area contributed by atoms with Crippen LogP contribution in [0.5, 0.6) is 5.75 Å². The molecule has 9 heteroatoms. The van der Waals surface area contributed by atoms with Gasteiger partial charge < -0.3 is 9.47 Å². The molecule has 2 atom stereocenters. The molecule has 27 heavy (non-hydrogen) atoms. The maximum absolute atomic E-state index is 12.9. The molecule has 3 rings (SSSR count). The second-order valence-electron chi connectivity index (χ2n) is 6.13. The predicted octanol–water partition coefficient (Wildman–Crippen LogP) is 4.93. The van der Waals surface area contributed by atoms with Crippen LogP contribution < -0.4 is 4.74 Å². The van der Waals surface area contributed by atoms with Crippen molar-refractivity contribution in [3.05, 3.63) is 59.1 Å². The highest BCUT2D eigenvalue weighted by Gasteiger charge is 2.35. The standard InChI is InChI=1S/C18H16ClF3O4S/c19-13-6-4-12(5-7-13)17-11-16(8-9-25-17)27(23,24)15-3-1-2-14(10-15)26-18(20,21)22/h1-7,10,16-17H,8-9,11H2. The second kappa shape index (κ2) is 7.69. The van der Waals surface area contributed by atoms with E-state index in [0.717, 1.165) is 17.7 Å². The quantitative estimate of drug-likeness (QED) is 0.703. The Hall–Kier alpha value is -1.77. The first kappa shape index (κ1) is 20.0. The fourth-order valence-corrected chi connectivity index (χ4v) is 4.89. The van der Waals surface area contributed by atoms with Gasteiger partial charge in [0.15, 0.2) is 9.84 Å². The Morgan fingerprint density at radius 2 is 1.81 bits per heavy atom. The Bertz CT molecular complexity index is 898. The van der Waals surface area contributed by atoms with Gasteiger partial charge in [-0.05, 0) is 48.7 Å². The second-order valence-corrected chi connectivity index (χ2v) is 8.79. The van der Waals surface area contributed by atoms with E-state index in [1.165, 1.54) is 12.1 Å². The molecule has 1 fully saturated rings. The molecule has 1 aliphatic heterocycles. The summed E-state index contributed by atoms with van der Waals surface area (Å²) in [7, 11) is -3.84. The highest BCUT2D eigenvalue weighted by atomic mass is 35.5. The third-order valence-electron chi connectivity index (χ3n) is 4.28. The average molecular weight is 421 g/mol. The minimum atomic E-state index is -4.89. The first-order valence-corrected chi connectivity index (χ1v) is 10.0. The molecule has 2 aromatic rings. The monoisotopic (exact) mass is 420 g/mol. The Morgan fingerprint density at radius 3 is 2.48 bits per heavy atom. The van der Waals surface area contributed by atoms with Crippen LogP contribution in [-0.4, -0.2) is 26.6 Å². The molecule has 4 nitrogen and oxygen atoms in total. The molecule has 0 saturated carbocycles. The number of alkyl halides is 3. The van der Waals surface area contributed by atoms with Crippen LogP contribution in [0.1, 0.15) is 24.5 Å². The van der Waals surface area contributed by atoms with E-state index in [9.17, 15) is 21.6 Å². The van der Waals surface area contributed by atoms with Gasteiger partial charge in [-0.25, -0.2) is 8.42 Å². The molecule has 2 unspecified atom stereocenters. The molecule has 0 bridgehead atoms. The van der Waals surface area contributed by atoms with Crippen LogP contribution in [0.25, 0.3) is 0 Å². The van der Waals surface area contributed by atoms with Gasteiger partial charge >= 0.3 is 6.36 Å². The van der Waals surface area contributed by atoms with E-state index in [2.05, 4.69) is 4.74 Å². The van der Waals surface area contributed by atoms with Crippen molar-refractivity contribution in [2.24, 2.45) is 0 Å². The summed E-state index contributed by atoms with van der Waals surface area (Å²) < 4.78 is 72.5. The minimum absolute atomic E-state index is 0.203. The lowest BCUT2D eigenvalue weighted by atomic mass is 10.0. The number of sulfone groups is 1. The number of hydrogen-bond acceptors (Lipinski definition) is 4. The Kier molecular flexibility index (Phi) is 5.69. The van der Waals surface area contributed by atoms with Crippen molar-refractivity contribution in [2.45, 2.75) is 35.5 Å². The summed E-state index contributed by atoms with van der Waals surface area (Å²) in [6.45, 7) is 0.232. The van der Waals surface area contributed by atoms with E-state index in [0.29, 0.717) is 5.02 Å². The van der Waals surface area contributed by atoms with Gasteiger partial charge in [-0.2, -0.15) is 0 Å². The van der Waals surface area contributed by atoms with E-state index in [-0.39, 0.29) is 24.3 Å². The summed E-state index contributed by atoms with van der Waals surface area (Å²) in [5, 5.41) is -0.215. The predicted molar refractivity (Wildman–Crippen MR) is 93.5 cm³/mol. The maximum atomic E-state index is 12.9. The summed E-state index contributed by atoms with van der Waals surface area (Å²) in [4.78, 5) is -0.203. The van der Waals surface area contributed by atoms with Crippen LogP contribution >= 0.6 is 11.6 Å². The number of hydrogen-bond donors (Lipinski definition) is 0.